The highest BCUT2D eigenvalue weighted by molar-refractivity contribution is 5.69. The maximum atomic E-state index is 4.24. The summed E-state index contributed by atoms with van der Waals surface area (Å²) in [6.45, 7) is 2.06. The number of aromatic nitrogens is 3. The largest absolute Gasteiger partial charge is 0.341 e. The van der Waals surface area contributed by atoms with Crippen LogP contribution in [0.2, 0.25) is 0 Å². The smallest absolute Gasteiger partial charge is 0.177 e. The average Bonchev–Trinajstić information content (AvgIpc) is 2.46. The number of hydrogen-bond acceptors (Lipinski definition) is 2. The number of nitrogens with zero attached hydrogens (tertiary/aromatic N) is 2. The number of rotatable bonds is 1. The van der Waals surface area contributed by atoms with Crippen LogP contribution in [0.1, 0.15) is 12.7 Å². The number of aromatic amines is 1. The fourth-order valence-corrected chi connectivity index (χ4v) is 1.01. The summed E-state index contributed by atoms with van der Waals surface area (Å²) in [5.41, 5.74) is 1.74. The first-order valence-electron chi connectivity index (χ1n) is 3.61. The second-order valence-corrected chi connectivity index (χ2v) is 2.34. The molecule has 3 heteroatoms. The summed E-state index contributed by atoms with van der Waals surface area (Å²) in [5.74, 6) is 0.979. The number of pyridine rings is 1. The van der Waals surface area contributed by atoms with E-state index in [2.05, 4.69) is 27.9 Å². The van der Waals surface area contributed by atoms with Gasteiger partial charge in [-0.3, -0.25) is 0 Å². The molecule has 55 valence electrons. The van der Waals surface area contributed by atoms with Crippen LogP contribution in [0.3, 0.4) is 0 Å². The highest BCUT2D eigenvalue weighted by Crippen LogP contribution is 2.06. The Morgan fingerprint density at radius 3 is 3.27 bits per heavy atom. The Kier molecular flexibility index (Phi) is 1.35. The second kappa shape index (κ2) is 2.34. The molecule has 0 saturated carbocycles. The molecule has 1 N–H and O–H groups in total. The van der Waals surface area contributed by atoms with Gasteiger partial charge in [0.2, 0.25) is 0 Å². The van der Waals surface area contributed by atoms with Crippen LogP contribution < -0.4 is 0 Å². The predicted molar refractivity (Wildman–Crippen MR) is 42.1 cm³/mol. The van der Waals surface area contributed by atoms with Crippen LogP contribution in [0.15, 0.2) is 12.3 Å². The van der Waals surface area contributed by atoms with Gasteiger partial charge in [0.05, 0.1) is 5.52 Å². The molecule has 11 heavy (non-hydrogen) atoms. The van der Waals surface area contributed by atoms with E-state index in [0.717, 1.165) is 23.4 Å². The minimum absolute atomic E-state index is 0.778. The number of H-pyrrole nitrogens is 1. The number of fused-ring (bicyclic) bond motifs is 1. The van der Waals surface area contributed by atoms with Crippen LogP contribution in [-0.2, 0) is 6.42 Å². The van der Waals surface area contributed by atoms with Crippen molar-refractivity contribution in [3.63, 3.8) is 0 Å². The Morgan fingerprint density at radius 2 is 2.55 bits per heavy atom. The lowest BCUT2D eigenvalue weighted by Crippen LogP contribution is -1.79. The van der Waals surface area contributed by atoms with E-state index in [1.807, 2.05) is 6.07 Å². The Morgan fingerprint density at radius 1 is 1.64 bits per heavy atom. The van der Waals surface area contributed by atoms with E-state index in [1.165, 1.54) is 0 Å². The molecule has 2 heterocycles. The molecule has 0 fully saturated rings. The number of hydrogen-bond donors (Lipinski definition) is 1. The van der Waals surface area contributed by atoms with Crippen LogP contribution in [-0.4, -0.2) is 15.0 Å². The van der Waals surface area contributed by atoms with Crippen LogP contribution in [0.25, 0.3) is 11.2 Å². The monoisotopic (exact) mass is 146 g/mol. The van der Waals surface area contributed by atoms with E-state index in [-0.39, 0.29) is 0 Å². The van der Waals surface area contributed by atoms with Gasteiger partial charge in [-0.25, -0.2) is 9.97 Å². The predicted octanol–water partition coefficient (Wildman–Crippen LogP) is 1.32. The van der Waals surface area contributed by atoms with Crippen LogP contribution in [0, 0.1) is 6.07 Å². The van der Waals surface area contributed by atoms with Gasteiger partial charge in [-0.1, -0.05) is 6.92 Å². The zero-order valence-electron chi connectivity index (χ0n) is 6.26. The van der Waals surface area contributed by atoms with E-state index >= 15 is 0 Å². The minimum Gasteiger partial charge on any atom is -0.341 e. The molecule has 3 nitrogen and oxygen atoms in total. The quantitative estimate of drug-likeness (QED) is 0.659. The summed E-state index contributed by atoms with van der Waals surface area (Å²) in [5, 5.41) is 0. The molecule has 2 aromatic heterocycles. The molecular formula is C8H8N3. The van der Waals surface area contributed by atoms with Gasteiger partial charge in [0.1, 0.15) is 5.82 Å². The maximum absolute atomic E-state index is 4.24. The number of aryl methyl sites for hydroxylation is 1. The average molecular weight is 146 g/mol. The SMILES string of the molecule is CCc1nc2nc[c]cc2[nH]1. The van der Waals surface area contributed by atoms with Crippen LogP contribution in [0.4, 0.5) is 0 Å². The standard InChI is InChI=1S/C8H8N3/c1-2-7-10-6-4-3-5-9-8(6)11-7/h4-5H,2H2,1H3,(H,9,10,11). The maximum Gasteiger partial charge on any atom is 0.177 e. The van der Waals surface area contributed by atoms with Gasteiger partial charge in [-0.15, -0.1) is 0 Å². The van der Waals surface area contributed by atoms with E-state index in [4.69, 9.17) is 0 Å². The topological polar surface area (TPSA) is 41.6 Å². The highest BCUT2D eigenvalue weighted by Gasteiger charge is 1.98. The third-order valence-corrected chi connectivity index (χ3v) is 1.58. The van der Waals surface area contributed by atoms with E-state index < -0.39 is 0 Å². The zero-order chi connectivity index (χ0) is 7.68. The van der Waals surface area contributed by atoms with Crippen molar-refractivity contribution in [3.05, 3.63) is 24.2 Å². The van der Waals surface area contributed by atoms with Crippen molar-refractivity contribution >= 4 is 11.2 Å². The second-order valence-electron chi connectivity index (χ2n) is 2.34. The summed E-state index contributed by atoms with van der Waals surface area (Å²) in [6, 6.07) is 4.75. The van der Waals surface area contributed by atoms with E-state index in [1.54, 1.807) is 6.20 Å². The van der Waals surface area contributed by atoms with Crippen molar-refractivity contribution in [2.45, 2.75) is 13.3 Å². The number of nitrogens with one attached hydrogen (secondary N) is 1. The molecule has 0 aliphatic carbocycles. The molecule has 1 radical (unpaired) electrons. The first kappa shape index (κ1) is 6.34. The molecule has 0 unspecified atom stereocenters. The zero-order valence-corrected chi connectivity index (χ0v) is 6.26. The fraction of sp³-hybridized carbons (Fsp3) is 0.250. The van der Waals surface area contributed by atoms with E-state index in [0.29, 0.717) is 0 Å². The number of imidazole rings is 1. The first-order chi connectivity index (χ1) is 5.40. The van der Waals surface area contributed by atoms with Crippen molar-refractivity contribution in [1.29, 1.82) is 0 Å². The summed E-state index contributed by atoms with van der Waals surface area (Å²) in [6.07, 6.45) is 2.54. The van der Waals surface area contributed by atoms with Gasteiger partial charge in [-0.2, -0.15) is 0 Å². The van der Waals surface area contributed by atoms with Crippen LogP contribution >= 0.6 is 0 Å². The van der Waals surface area contributed by atoms with Crippen molar-refractivity contribution in [2.24, 2.45) is 0 Å². The lowest BCUT2D eigenvalue weighted by Gasteiger charge is -1.81. The van der Waals surface area contributed by atoms with Crippen molar-refractivity contribution in [3.8, 4) is 0 Å². The fourth-order valence-electron chi connectivity index (χ4n) is 1.01. The molecule has 0 bridgehead atoms. The summed E-state index contributed by atoms with van der Waals surface area (Å²) in [4.78, 5) is 11.4. The van der Waals surface area contributed by atoms with Gasteiger partial charge in [-0.05, 0) is 6.07 Å². The summed E-state index contributed by atoms with van der Waals surface area (Å²) >= 11 is 0. The van der Waals surface area contributed by atoms with Crippen molar-refractivity contribution in [1.82, 2.24) is 15.0 Å². The normalized spacial score (nSPS) is 10.6. The van der Waals surface area contributed by atoms with Gasteiger partial charge in [0.15, 0.2) is 5.65 Å². The molecule has 0 spiro atoms. The Balaban J connectivity index is 2.69. The van der Waals surface area contributed by atoms with E-state index in [9.17, 15) is 0 Å². The minimum atomic E-state index is 0.778. The first-order valence-corrected chi connectivity index (χ1v) is 3.61. The molecule has 2 aromatic rings. The third kappa shape index (κ3) is 0.981. The molecule has 0 amide bonds. The lowest BCUT2D eigenvalue weighted by atomic mass is 10.4. The molecule has 0 aromatic carbocycles. The Bertz CT molecular complexity index is 331. The third-order valence-electron chi connectivity index (χ3n) is 1.58. The molecular weight excluding hydrogens is 138 g/mol. The van der Waals surface area contributed by atoms with Crippen molar-refractivity contribution < 1.29 is 0 Å². The molecule has 0 saturated heterocycles. The Labute approximate surface area is 64.5 Å². The Hall–Kier alpha value is -1.38. The molecule has 2 rings (SSSR count). The molecule has 0 atom stereocenters. The highest BCUT2D eigenvalue weighted by atomic mass is 15.0. The van der Waals surface area contributed by atoms with Crippen LogP contribution in [0.5, 0.6) is 0 Å². The van der Waals surface area contributed by atoms with Gasteiger partial charge in [0.25, 0.3) is 0 Å². The summed E-state index contributed by atoms with van der Waals surface area (Å²) in [7, 11) is 0. The van der Waals surface area contributed by atoms with Gasteiger partial charge < -0.3 is 4.98 Å². The van der Waals surface area contributed by atoms with Crippen molar-refractivity contribution in [2.75, 3.05) is 0 Å². The molecule has 0 aliphatic heterocycles. The molecule has 0 aliphatic rings. The van der Waals surface area contributed by atoms with Gasteiger partial charge in [0, 0.05) is 18.7 Å². The van der Waals surface area contributed by atoms with Gasteiger partial charge >= 0.3 is 0 Å². The lowest BCUT2D eigenvalue weighted by molar-refractivity contribution is 0.997. The summed E-state index contributed by atoms with van der Waals surface area (Å²) < 4.78 is 0.